The van der Waals surface area contributed by atoms with Gasteiger partial charge in [-0.3, -0.25) is 4.79 Å². The Bertz CT molecular complexity index is 1160. The van der Waals surface area contributed by atoms with Crippen LogP contribution in [0.15, 0.2) is 53.9 Å². The molecule has 0 saturated heterocycles. The van der Waals surface area contributed by atoms with E-state index in [0.29, 0.717) is 17.2 Å². The number of ether oxygens (including phenoxy) is 2. The van der Waals surface area contributed by atoms with Crippen LogP contribution < -0.4 is 10.1 Å². The molecule has 0 aliphatic heterocycles. The fourth-order valence-corrected chi connectivity index (χ4v) is 4.27. The van der Waals surface area contributed by atoms with Gasteiger partial charge in [0.2, 0.25) is 5.91 Å². The first-order chi connectivity index (χ1) is 16.4. The van der Waals surface area contributed by atoms with Crippen molar-refractivity contribution in [3.05, 3.63) is 76.2 Å². The van der Waals surface area contributed by atoms with E-state index in [1.165, 1.54) is 23.0 Å². The summed E-state index contributed by atoms with van der Waals surface area (Å²) in [5.41, 5.74) is 5.24. The number of benzene rings is 2. The summed E-state index contributed by atoms with van der Waals surface area (Å²) in [6.45, 7) is 8.92. The first kappa shape index (κ1) is 25.2. The molecule has 0 atom stereocenters. The summed E-state index contributed by atoms with van der Waals surface area (Å²) in [7, 11) is 0. The van der Waals surface area contributed by atoms with Gasteiger partial charge >= 0.3 is 5.97 Å². The molecule has 178 valence electrons. The Morgan fingerprint density at radius 2 is 1.79 bits per heavy atom. The predicted octanol–water partition coefficient (Wildman–Crippen LogP) is 7.04. The highest BCUT2D eigenvalue weighted by Gasteiger charge is 2.22. The fraction of sp³-hybridized carbons (Fsp3) is 0.286. The van der Waals surface area contributed by atoms with Gasteiger partial charge in [-0.1, -0.05) is 43.7 Å². The Labute approximate surface area is 205 Å². The van der Waals surface area contributed by atoms with E-state index in [0.717, 1.165) is 40.8 Å². The normalized spacial score (nSPS) is 10.9. The highest BCUT2D eigenvalue weighted by molar-refractivity contribution is 7.15. The van der Waals surface area contributed by atoms with Gasteiger partial charge in [0.15, 0.2) is 0 Å². The van der Waals surface area contributed by atoms with Crippen LogP contribution in [0, 0.1) is 13.8 Å². The third-order valence-electron chi connectivity index (χ3n) is 5.40. The van der Waals surface area contributed by atoms with Crippen molar-refractivity contribution in [2.75, 3.05) is 18.5 Å². The highest BCUT2D eigenvalue weighted by Crippen LogP contribution is 2.37. The van der Waals surface area contributed by atoms with Crippen molar-refractivity contribution in [1.29, 1.82) is 0 Å². The van der Waals surface area contributed by atoms with Crippen molar-refractivity contribution in [3.63, 3.8) is 0 Å². The van der Waals surface area contributed by atoms with Crippen LogP contribution >= 0.6 is 11.3 Å². The van der Waals surface area contributed by atoms with E-state index in [2.05, 4.69) is 12.2 Å². The molecular formula is C28H31NO4S. The Morgan fingerprint density at radius 1 is 1.03 bits per heavy atom. The van der Waals surface area contributed by atoms with E-state index < -0.39 is 5.97 Å². The third kappa shape index (κ3) is 6.58. The van der Waals surface area contributed by atoms with E-state index in [1.54, 1.807) is 13.0 Å². The number of carbonyl (C=O) groups excluding carboxylic acids is 2. The average Bonchev–Trinajstić information content (AvgIpc) is 3.24. The van der Waals surface area contributed by atoms with Gasteiger partial charge in [0.1, 0.15) is 16.3 Å². The number of rotatable bonds is 10. The second kappa shape index (κ2) is 12.2. The summed E-state index contributed by atoms with van der Waals surface area (Å²) >= 11 is 1.31. The third-order valence-corrected chi connectivity index (χ3v) is 6.29. The molecule has 0 bridgehead atoms. The molecule has 3 rings (SSSR count). The lowest BCUT2D eigenvalue weighted by Crippen LogP contribution is -2.12. The molecule has 0 fully saturated rings. The number of nitrogens with one attached hydrogen (secondary N) is 1. The van der Waals surface area contributed by atoms with Gasteiger partial charge in [-0.15, -0.1) is 11.3 Å². The van der Waals surface area contributed by atoms with E-state index in [9.17, 15) is 9.59 Å². The smallest absolute Gasteiger partial charge is 0.341 e. The number of thiophene rings is 1. The molecule has 0 spiro atoms. The maximum atomic E-state index is 12.8. The maximum Gasteiger partial charge on any atom is 0.341 e. The molecule has 2 aromatic carbocycles. The molecule has 5 nitrogen and oxygen atoms in total. The number of aryl methyl sites for hydroxylation is 2. The summed E-state index contributed by atoms with van der Waals surface area (Å²) in [5.74, 6) is 0.0452. The van der Waals surface area contributed by atoms with Crippen molar-refractivity contribution >= 4 is 34.3 Å². The van der Waals surface area contributed by atoms with Crippen LogP contribution in [0.1, 0.15) is 53.7 Å². The van der Waals surface area contributed by atoms with Gasteiger partial charge in [0.05, 0.1) is 13.2 Å². The van der Waals surface area contributed by atoms with Crippen molar-refractivity contribution in [2.45, 2.75) is 40.5 Å². The van der Waals surface area contributed by atoms with Crippen LogP contribution in [-0.2, 0) is 9.53 Å². The Balaban J connectivity index is 1.76. The van der Waals surface area contributed by atoms with Crippen molar-refractivity contribution in [3.8, 4) is 16.9 Å². The molecule has 0 unspecified atom stereocenters. The molecule has 0 aliphatic carbocycles. The summed E-state index contributed by atoms with van der Waals surface area (Å²) in [6.07, 6.45) is 5.29. The van der Waals surface area contributed by atoms with Crippen molar-refractivity contribution < 1.29 is 19.1 Å². The zero-order valence-electron chi connectivity index (χ0n) is 20.1. The molecule has 0 aliphatic rings. The number of carbonyl (C=O) groups is 2. The van der Waals surface area contributed by atoms with Crippen molar-refractivity contribution in [2.24, 2.45) is 0 Å². The van der Waals surface area contributed by atoms with Crippen LogP contribution in [0.3, 0.4) is 0 Å². The first-order valence-corrected chi connectivity index (χ1v) is 12.4. The van der Waals surface area contributed by atoms with Crippen LogP contribution in [-0.4, -0.2) is 25.1 Å². The lowest BCUT2D eigenvalue weighted by Gasteiger charge is -2.09. The number of unbranched alkanes of at least 4 members (excludes halogenated alkanes) is 1. The average molecular weight is 478 g/mol. The molecule has 1 amide bonds. The molecule has 34 heavy (non-hydrogen) atoms. The van der Waals surface area contributed by atoms with Gasteiger partial charge in [0.25, 0.3) is 0 Å². The Kier molecular flexibility index (Phi) is 9.05. The van der Waals surface area contributed by atoms with E-state index in [1.807, 2.05) is 61.7 Å². The molecule has 1 heterocycles. The zero-order valence-corrected chi connectivity index (χ0v) is 21.0. The summed E-state index contributed by atoms with van der Waals surface area (Å²) in [5, 5.41) is 5.20. The van der Waals surface area contributed by atoms with Crippen LogP contribution in [0.5, 0.6) is 5.75 Å². The van der Waals surface area contributed by atoms with Gasteiger partial charge in [-0.05, 0) is 67.7 Å². The van der Waals surface area contributed by atoms with E-state index >= 15 is 0 Å². The zero-order chi connectivity index (χ0) is 24.5. The molecular weight excluding hydrogens is 446 g/mol. The number of anilines is 1. The summed E-state index contributed by atoms with van der Waals surface area (Å²) in [4.78, 5) is 25.4. The highest BCUT2D eigenvalue weighted by atomic mass is 32.1. The summed E-state index contributed by atoms with van der Waals surface area (Å²) in [6, 6.07) is 13.6. The van der Waals surface area contributed by atoms with Gasteiger partial charge in [-0.2, -0.15) is 0 Å². The SMILES string of the molecule is CCCCOc1ccc(/C=C/C(=O)Nc2scc(-c3ccc(C)c(C)c3)c2C(=O)OCC)cc1. The van der Waals surface area contributed by atoms with Crippen LogP contribution in [0.4, 0.5) is 5.00 Å². The van der Waals surface area contributed by atoms with Crippen LogP contribution in [0.25, 0.3) is 17.2 Å². The fourth-order valence-electron chi connectivity index (χ4n) is 3.31. The molecule has 0 radical (unpaired) electrons. The number of amides is 1. The lowest BCUT2D eigenvalue weighted by atomic mass is 9.99. The topological polar surface area (TPSA) is 64.6 Å². The molecule has 1 aromatic heterocycles. The Hall–Kier alpha value is -3.38. The van der Waals surface area contributed by atoms with Gasteiger partial charge in [-0.25, -0.2) is 4.79 Å². The monoisotopic (exact) mass is 477 g/mol. The second-order valence-electron chi connectivity index (χ2n) is 7.97. The molecule has 0 saturated carbocycles. The largest absolute Gasteiger partial charge is 0.494 e. The first-order valence-electron chi connectivity index (χ1n) is 11.5. The number of esters is 1. The second-order valence-corrected chi connectivity index (χ2v) is 8.85. The quantitative estimate of drug-likeness (QED) is 0.193. The molecule has 1 N–H and O–H groups in total. The minimum absolute atomic E-state index is 0.256. The standard InChI is InChI=1S/C28H31NO4S/c1-5-7-16-33-23-13-9-21(10-14-23)11-15-25(30)29-27-26(28(31)32-6-2)24(18-34-27)22-12-8-19(3)20(4)17-22/h8-15,17-18H,5-7,16H2,1-4H3,(H,29,30)/b15-11+. The summed E-state index contributed by atoms with van der Waals surface area (Å²) < 4.78 is 11.0. The lowest BCUT2D eigenvalue weighted by molar-refractivity contribution is -0.111. The number of hydrogen-bond donors (Lipinski definition) is 1. The Morgan fingerprint density at radius 3 is 2.47 bits per heavy atom. The molecule has 6 heteroatoms. The molecule has 3 aromatic rings. The van der Waals surface area contributed by atoms with E-state index in [-0.39, 0.29) is 12.5 Å². The van der Waals surface area contributed by atoms with E-state index in [4.69, 9.17) is 9.47 Å². The van der Waals surface area contributed by atoms with Crippen molar-refractivity contribution in [1.82, 2.24) is 0 Å². The minimum Gasteiger partial charge on any atom is -0.494 e. The number of hydrogen-bond acceptors (Lipinski definition) is 5. The van der Waals surface area contributed by atoms with Gasteiger partial charge < -0.3 is 14.8 Å². The maximum absolute atomic E-state index is 12.8. The minimum atomic E-state index is -0.449. The van der Waals surface area contributed by atoms with Gasteiger partial charge in [0, 0.05) is 17.0 Å². The van der Waals surface area contributed by atoms with Crippen LogP contribution in [0.2, 0.25) is 0 Å². The predicted molar refractivity (Wildman–Crippen MR) is 140 cm³/mol.